The lowest BCUT2D eigenvalue weighted by atomic mass is 10.3. The fourth-order valence-corrected chi connectivity index (χ4v) is 1.70. The Morgan fingerprint density at radius 3 is 3.06 bits per heavy atom. The SMILES string of the molecule is CC(=O)NCC1CN(c2ccnn2C)C(=O)O1. The molecule has 2 amide bonds. The van der Waals surface area contributed by atoms with Crippen LogP contribution in [0.3, 0.4) is 0 Å². The summed E-state index contributed by atoms with van der Waals surface area (Å²) in [4.78, 5) is 23.9. The molecule has 92 valence electrons. The smallest absolute Gasteiger partial charge is 0.416 e. The van der Waals surface area contributed by atoms with Crippen molar-refractivity contribution < 1.29 is 14.3 Å². The molecule has 1 N–H and O–H groups in total. The van der Waals surface area contributed by atoms with Crippen LogP contribution in [0.2, 0.25) is 0 Å². The Hall–Kier alpha value is -2.05. The number of cyclic esters (lactones) is 1. The third kappa shape index (κ3) is 2.38. The van der Waals surface area contributed by atoms with E-state index in [2.05, 4.69) is 10.4 Å². The van der Waals surface area contributed by atoms with Crippen LogP contribution in [0.4, 0.5) is 10.6 Å². The van der Waals surface area contributed by atoms with Gasteiger partial charge in [-0.15, -0.1) is 0 Å². The van der Waals surface area contributed by atoms with Crippen molar-refractivity contribution in [2.75, 3.05) is 18.0 Å². The van der Waals surface area contributed by atoms with E-state index in [4.69, 9.17) is 4.74 Å². The molecule has 1 aliphatic rings. The topological polar surface area (TPSA) is 76.5 Å². The van der Waals surface area contributed by atoms with Gasteiger partial charge in [0.15, 0.2) is 0 Å². The van der Waals surface area contributed by atoms with E-state index in [0.717, 1.165) is 0 Å². The van der Waals surface area contributed by atoms with Gasteiger partial charge in [-0.1, -0.05) is 0 Å². The minimum absolute atomic E-state index is 0.139. The van der Waals surface area contributed by atoms with E-state index in [-0.39, 0.29) is 12.0 Å². The third-order valence-electron chi connectivity index (χ3n) is 2.52. The summed E-state index contributed by atoms with van der Waals surface area (Å²) in [6.07, 6.45) is 0.884. The molecule has 2 rings (SSSR count). The van der Waals surface area contributed by atoms with Gasteiger partial charge in [-0.3, -0.25) is 14.4 Å². The first-order valence-corrected chi connectivity index (χ1v) is 5.28. The second kappa shape index (κ2) is 4.44. The maximum atomic E-state index is 11.6. The monoisotopic (exact) mass is 238 g/mol. The van der Waals surface area contributed by atoms with Crippen LogP contribution in [-0.4, -0.2) is 41.0 Å². The number of aryl methyl sites for hydroxylation is 1. The van der Waals surface area contributed by atoms with Crippen LogP contribution in [0.5, 0.6) is 0 Å². The summed E-state index contributed by atoms with van der Waals surface area (Å²) in [6.45, 7) is 2.17. The molecule has 0 spiro atoms. The molecule has 1 aliphatic heterocycles. The highest BCUT2D eigenvalue weighted by Gasteiger charge is 2.33. The Kier molecular flexibility index (Phi) is 2.99. The van der Waals surface area contributed by atoms with Gasteiger partial charge in [0.25, 0.3) is 0 Å². The molecule has 0 saturated carbocycles. The zero-order chi connectivity index (χ0) is 12.4. The Bertz CT molecular complexity index is 443. The number of hydrogen-bond acceptors (Lipinski definition) is 4. The predicted octanol–water partition coefficient (Wildman–Crippen LogP) is -0.119. The Balaban J connectivity index is 2.01. The standard InChI is InChI=1S/C10H14N4O3/c1-7(15)11-5-8-6-14(10(16)17-8)9-3-4-12-13(9)2/h3-4,8H,5-6H2,1-2H3,(H,11,15). The molecule has 1 atom stereocenters. The van der Waals surface area contributed by atoms with Gasteiger partial charge in [0.2, 0.25) is 5.91 Å². The van der Waals surface area contributed by atoms with Crippen molar-refractivity contribution in [3.8, 4) is 0 Å². The minimum atomic E-state index is -0.413. The molecule has 1 unspecified atom stereocenters. The summed E-state index contributed by atoms with van der Waals surface area (Å²) in [5.74, 6) is 0.542. The molecule has 1 aromatic rings. The van der Waals surface area contributed by atoms with Crippen molar-refractivity contribution in [3.05, 3.63) is 12.3 Å². The quantitative estimate of drug-likeness (QED) is 0.796. The molecule has 1 aromatic heterocycles. The minimum Gasteiger partial charge on any atom is -0.442 e. The van der Waals surface area contributed by atoms with Crippen LogP contribution in [0.25, 0.3) is 0 Å². The van der Waals surface area contributed by atoms with E-state index < -0.39 is 6.09 Å². The molecule has 0 radical (unpaired) electrons. The number of nitrogens with one attached hydrogen (secondary N) is 1. The van der Waals surface area contributed by atoms with Gasteiger partial charge in [0, 0.05) is 20.0 Å². The average molecular weight is 238 g/mol. The highest BCUT2D eigenvalue weighted by atomic mass is 16.6. The fraction of sp³-hybridized carbons (Fsp3) is 0.500. The van der Waals surface area contributed by atoms with Crippen molar-refractivity contribution in [3.63, 3.8) is 0 Å². The number of carbonyl (C=O) groups excluding carboxylic acids is 2. The normalized spacial score (nSPS) is 19.3. The van der Waals surface area contributed by atoms with E-state index in [1.165, 1.54) is 11.8 Å². The molecule has 0 bridgehead atoms. The van der Waals surface area contributed by atoms with Gasteiger partial charge in [-0.05, 0) is 0 Å². The highest BCUT2D eigenvalue weighted by Crippen LogP contribution is 2.19. The van der Waals surface area contributed by atoms with E-state index >= 15 is 0 Å². The molecule has 2 heterocycles. The van der Waals surface area contributed by atoms with Gasteiger partial charge in [0.05, 0.1) is 19.3 Å². The summed E-state index contributed by atoms with van der Waals surface area (Å²) in [6, 6.07) is 1.74. The van der Waals surface area contributed by atoms with Gasteiger partial charge < -0.3 is 10.1 Å². The van der Waals surface area contributed by atoms with E-state index in [9.17, 15) is 9.59 Å². The maximum Gasteiger partial charge on any atom is 0.416 e. The second-order valence-corrected chi connectivity index (χ2v) is 3.87. The Morgan fingerprint density at radius 1 is 1.71 bits per heavy atom. The summed E-state index contributed by atoms with van der Waals surface area (Å²) in [5, 5.41) is 6.62. The van der Waals surface area contributed by atoms with Crippen molar-refractivity contribution >= 4 is 17.8 Å². The zero-order valence-electron chi connectivity index (χ0n) is 9.71. The summed E-state index contributed by atoms with van der Waals surface area (Å²) in [5.41, 5.74) is 0. The molecule has 1 fully saturated rings. The van der Waals surface area contributed by atoms with Gasteiger partial charge in [-0.2, -0.15) is 5.10 Å². The number of nitrogens with zero attached hydrogens (tertiary/aromatic N) is 3. The van der Waals surface area contributed by atoms with Crippen LogP contribution >= 0.6 is 0 Å². The number of amides is 2. The number of aromatic nitrogens is 2. The molecule has 17 heavy (non-hydrogen) atoms. The first-order chi connectivity index (χ1) is 8.08. The lowest BCUT2D eigenvalue weighted by molar-refractivity contribution is -0.119. The first-order valence-electron chi connectivity index (χ1n) is 5.28. The van der Waals surface area contributed by atoms with Gasteiger partial charge in [-0.25, -0.2) is 4.79 Å². The zero-order valence-corrected chi connectivity index (χ0v) is 9.71. The van der Waals surface area contributed by atoms with Crippen LogP contribution in [0.15, 0.2) is 12.3 Å². The largest absolute Gasteiger partial charge is 0.442 e. The maximum absolute atomic E-state index is 11.6. The third-order valence-corrected chi connectivity index (χ3v) is 2.52. The van der Waals surface area contributed by atoms with E-state index in [1.807, 2.05) is 0 Å². The summed E-state index contributed by atoms with van der Waals surface area (Å²) >= 11 is 0. The van der Waals surface area contributed by atoms with Crippen molar-refractivity contribution in [2.24, 2.45) is 7.05 Å². The summed E-state index contributed by atoms with van der Waals surface area (Å²) < 4.78 is 6.73. The van der Waals surface area contributed by atoms with E-state index in [0.29, 0.717) is 18.9 Å². The van der Waals surface area contributed by atoms with Crippen molar-refractivity contribution in [1.82, 2.24) is 15.1 Å². The lowest BCUT2D eigenvalue weighted by Crippen LogP contribution is -2.33. The second-order valence-electron chi connectivity index (χ2n) is 3.87. The van der Waals surface area contributed by atoms with Crippen LogP contribution in [0.1, 0.15) is 6.92 Å². The van der Waals surface area contributed by atoms with Gasteiger partial charge in [0.1, 0.15) is 11.9 Å². The average Bonchev–Trinajstić information content (AvgIpc) is 2.81. The molecule has 1 saturated heterocycles. The van der Waals surface area contributed by atoms with Crippen LogP contribution < -0.4 is 10.2 Å². The number of anilines is 1. The fourth-order valence-electron chi connectivity index (χ4n) is 1.70. The van der Waals surface area contributed by atoms with Crippen LogP contribution in [-0.2, 0) is 16.6 Å². The van der Waals surface area contributed by atoms with Crippen molar-refractivity contribution in [2.45, 2.75) is 13.0 Å². The molecule has 7 heteroatoms. The number of hydrogen-bond donors (Lipinski definition) is 1. The molecule has 7 nitrogen and oxygen atoms in total. The lowest BCUT2D eigenvalue weighted by Gasteiger charge is -2.12. The number of carbonyl (C=O) groups is 2. The Morgan fingerprint density at radius 2 is 2.47 bits per heavy atom. The molecular formula is C10H14N4O3. The Labute approximate surface area is 98.3 Å². The molecule has 0 aromatic carbocycles. The van der Waals surface area contributed by atoms with Crippen molar-refractivity contribution in [1.29, 1.82) is 0 Å². The van der Waals surface area contributed by atoms with Crippen LogP contribution in [0, 0.1) is 0 Å². The van der Waals surface area contributed by atoms with Gasteiger partial charge >= 0.3 is 6.09 Å². The first kappa shape index (κ1) is 11.4. The van der Waals surface area contributed by atoms with E-state index in [1.54, 1.807) is 24.0 Å². The number of rotatable bonds is 3. The predicted molar refractivity (Wildman–Crippen MR) is 59.5 cm³/mol. The summed E-state index contributed by atoms with van der Waals surface area (Å²) in [7, 11) is 1.75. The highest BCUT2D eigenvalue weighted by molar-refractivity contribution is 5.88. The number of ether oxygens (including phenoxy) is 1. The molecule has 0 aliphatic carbocycles. The molecular weight excluding hydrogens is 224 g/mol.